The molecule has 2 aliphatic carbocycles. The first-order valence-electron chi connectivity index (χ1n) is 7.38. The zero-order valence-electron chi connectivity index (χ0n) is 11.5. The summed E-state index contributed by atoms with van der Waals surface area (Å²) in [4.78, 5) is 0. The Hall–Kier alpha value is -0.380. The molecule has 0 heterocycles. The molecule has 2 aliphatic rings. The fraction of sp³-hybridized carbons (Fsp3) is 0.867. The van der Waals surface area contributed by atoms with Crippen molar-refractivity contribution in [3.05, 3.63) is 11.6 Å². The second-order valence-electron chi connectivity index (χ2n) is 5.45. The number of hydrogen-bond acceptors (Lipinski definition) is 3. The van der Waals surface area contributed by atoms with E-state index in [-0.39, 0.29) is 6.10 Å². The van der Waals surface area contributed by atoms with E-state index < -0.39 is 5.60 Å². The van der Waals surface area contributed by atoms with Crippen molar-refractivity contribution in [1.29, 1.82) is 0 Å². The number of rotatable bonds is 5. The second kappa shape index (κ2) is 6.69. The van der Waals surface area contributed by atoms with E-state index in [9.17, 15) is 5.11 Å². The molecule has 0 spiro atoms. The summed E-state index contributed by atoms with van der Waals surface area (Å²) >= 11 is 0. The highest BCUT2D eigenvalue weighted by atomic mass is 16.7. The van der Waals surface area contributed by atoms with Gasteiger partial charge in [0.1, 0.15) is 6.79 Å². The molecule has 0 saturated heterocycles. The Balaban J connectivity index is 2.00. The summed E-state index contributed by atoms with van der Waals surface area (Å²) in [5.41, 5.74) is 0.531. The largest absolute Gasteiger partial charge is 0.385 e. The van der Waals surface area contributed by atoms with Crippen LogP contribution in [0, 0.1) is 0 Å². The van der Waals surface area contributed by atoms with Crippen molar-refractivity contribution in [3.63, 3.8) is 0 Å². The van der Waals surface area contributed by atoms with Crippen molar-refractivity contribution in [1.82, 2.24) is 0 Å². The average Bonchev–Trinajstić information content (AvgIpc) is 2.40. The first-order chi connectivity index (χ1) is 8.76. The summed E-state index contributed by atoms with van der Waals surface area (Å²) < 4.78 is 11.1. The second-order valence-corrected chi connectivity index (χ2v) is 5.45. The van der Waals surface area contributed by atoms with Gasteiger partial charge in [-0.3, -0.25) is 0 Å². The summed E-state index contributed by atoms with van der Waals surface area (Å²) in [5.74, 6) is 0. The highest BCUT2D eigenvalue weighted by Crippen LogP contribution is 2.39. The number of ether oxygens (including phenoxy) is 2. The first-order valence-corrected chi connectivity index (χ1v) is 7.38. The molecular weight excluding hydrogens is 228 g/mol. The molecule has 1 saturated carbocycles. The van der Waals surface area contributed by atoms with Crippen LogP contribution in [0.5, 0.6) is 0 Å². The molecule has 1 unspecified atom stereocenters. The maximum absolute atomic E-state index is 10.8. The third kappa shape index (κ3) is 3.34. The molecule has 3 nitrogen and oxygen atoms in total. The minimum atomic E-state index is -0.602. The van der Waals surface area contributed by atoms with Gasteiger partial charge in [0.05, 0.1) is 11.7 Å². The van der Waals surface area contributed by atoms with E-state index >= 15 is 0 Å². The third-order valence-electron chi connectivity index (χ3n) is 4.16. The van der Waals surface area contributed by atoms with E-state index in [4.69, 9.17) is 9.47 Å². The SMILES string of the molecule is CCOCOC1CCCC=C1C1(O)CCCCC1. The van der Waals surface area contributed by atoms with Crippen LogP contribution in [0.25, 0.3) is 0 Å². The Kier molecular flexibility index (Phi) is 5.22. The van der Waals surface area contributed by atoms with Crippen LogP contribution in [0.4, 0.5) is 0 Å². The number of allylic oxidation sites excluding steroid dienone is 1. The fourth-order valence-corrected chi connectivity index (χ4v) is 3.15. The lowest BCUT2D eigenvalue weighted by Crippen LogP contribution is -2.40. The lowest BCUT2D eigenvalue weighted by Gasteiger charge is -2.39. The van der Waals surface area contributed by atoms with E-state index in [1.807, 2.05) is 6.92 Å². The van der Waals surface area contributed by atoms with Gasteiger partial charge in [-0.2, -0.15) is 0 Å². The Bertz CT molecular complexity index is 279. The van der Waals surface area contributed by atoms with E-state index in [1.54, 1.807) is 0 Å². The fourth-order valence-electron chi connectivity index (χ4n) is 3.15. The Labute approximate surface area is 110 Å². The normalized spacial score (nSPS) is 27.9. The zero-order valence-corrected chi connectivity index (χ0v) is 11.5. The third-order valence-corrected chi connectivity index (χ3v) is 4.16. The van der Waals surface area contributed by atoms with Crippen LogP contribution < -0.4 is 0 Å². The van der Waals surface area contributed by atoms with Crippen molar-refractivity contribution >= 4 is 0 Å². The lowest BCUT2D eigenvalue weighted by atomic mass is 9.74. The van der Waals surface area contributed by atoms with E-state index in [1.165, 1.54) is 6.42 Å². The summed E-state index contributed by atoms with van der Waals surface area (Å²) in [6.07, 6.45) is 10.8. The Morgan fingerprint density at radius 2 is 2.06 bits per heavy atom. The van der Waals surface area contributed by atoms with Gasteiger partial charge in [-0.15, -0.1) is 0 Å². The predicted molar refractivity (Wildman–Crippen MR) is 71.3 cm³/mol. The minimum Gasteiger partial charge on any atom is -0.385 e. The molecule has 104 valence electrons. The average molecular weight is 254 g/mol. The van der Waals surface area contributed by atoms with Crippen molar-refractivity contribution in [2.24, 2.45) is 0 Å². The maximum atomic E-state index is 10.8. The van der Waals surface area contributed by atoms with Gasteiger partial charge in [0.15, 0.2) is 0 Å². The van der Waals surface area contributed by atoms with Gasteiger partial charge in [0.2, 0.25) is 0 Å². The summed E-state index contributed by atoms with van der Waals surface area (Å²) in [6.45, 7) is 2.99. The van der Waals surface area contributed by atoms with E-state index in [0.29, 0.717) is 13.4 Å². The Morgan fingerprint density at radius 1 is 1.28 bits per heavy atom. The van der Waals surface area contributed by atoms with Gasteiger partial charge in [-0.05, 0) is 44.6 Å². The molecule has 0 aromatic carbocycles. The molecule has 0 radical (unpaired) electrons. The van der Waals surface area contributed by atoms with Gasteiger partial charge >= 0.3 is 0 Å². The summed E-state index contributed by atoms with van der Waals surface area (Å²) in [6, 6.07) is 0. The van der Waals surface area contributed by atoms with Crippen LogP contribution in [0.2, 0.25) is 0 Å². The van der Waals surface area contributed by atoms with Gasteiger partial charge < -0.3 is 14.6 Å². The lowest BCUT2D eigenvalue weighted by molar-refractivity contribution is -0.0927. The van der Waals surface area contributed by atoms with Crippen LogP contribution in [-0.4, -0.2) is 30.2 Å². The van der Waals surface area contributed by atoms with Gasteiger partial charge in [-0.25, -0.2) is 0 Å². The molecule has 1 atom stereocenters. The quantitative estimate of drug-likeness (QED) is 0.465. The number of aliphatic hydroxyl groups is 1. The summed E-state index contributed by atoms with van der Waals surface area (Å²) in [7, 11) is 0. The molecule has 0 aromatic rings. The van der Waals surface area contributed by atoms with Crippen LogP contribution in [0.3, 0.4) is 0 Å². The van der Waals surface area contributed by atoms with Crippen LogP contribution in [0.15, 0.2) is 11.6 Å². The molecule has 2 rings (SSSR count). The minimum absolute atomic E-state index is 0.0633. The highest BCUT2D eigenvalue weighted by Gasteiger charge is 2.38. The maximum Gasteiger partial charge on any atom is 0.147 e. The summed E-state index contributed by atoms with van der Waals surface area (Å²) in [5, 5.41) is 10.8. The molecule has 1 fully saturated rings. The molecule has 0 aromatic heterocycles. The topological polar surface area (TPSA) is 38.7 Å². The Morgan fingerprint density at radius 3 is 2.78 bits per heavy atom. The molecule has 18 heavy (non-hydrogen) atoms. The molecule has 1 N–H and O–H groups in total. The standard InChI is InChI=1S/C15H26O3/c1-2-17-12-18-14-9-5-4-8-13(14)15(16)10-6-3-7-11-15/h8,14,16H,2-7,9-12H2,1H3. The molecular formula is C15H26O3. The highest BCUT2D eigenvalue weighted by molar-refractivity contribution is 5.24. The van der Waals surface area contributed by atoms with Crippen molar-refractivity contribution in [2.45, 2.75) is 70.0 Å². The zero-order chi connectivity index (χ0) is 12.8. The predicted octanol–water partition coefficient (Wildman–Crippen LogP) is 3.17. The van der Waals surface area contributed by atoms with Crippen molar-refractivity contribution in [3.8, 4) is 0 Å². The smallest absolute Gasteiger partial charge is 0.147 e. The van der Waals surface area contributed by atoms with Crippen LogP contribution in [0.1, 0.15) is 58.3 Å². The van der Waals surface area contributed by atoms with E-state index in [2.05, 4.69) is 6.08 Å². The van der Waals surface area contributed by atoms with Crippen LogP contribution >= 0.6 is 0 Å². The van der Waals surface area contributed by atoms with Gasteiger partial charge in [-0.1, -0.05) is 25.3 Å². The van der Waals surface area contributed by atoms with Gasteiger partial charge in [0.25, 0.3) is 0 Å². The first kappa shape index (κ1) is 14.0. The molecule has 0 aliphatic heterocycles. The monoisotopic (exact) mass is 254 g/mol. The van der Waals surface area contributed by atoms with E-state index in [0.717, 1.165) is 50.5 Å². The van der Waals surface area contributed by atoms with Gasteiger partial charge in [0, 0.05) is 6.61 Å². The molecule has 0 amide bonds. The number of hydrogen-bond donors (Lipinski definition) is 1. The van der Waals surface area contributed by atoms with Crippen molar-refractivity contribution < 1.29 is 14.6 Å². The molecule has 3 heteroatoms. The molecule has 0 bridgehead atoms. The van der Waals surface area contributed by atoms with Crippen molar-refractivity contribution in [2.75, 3.05) is 13.4 Å². The van der Waals surface area contributed by atoms with Crippen LogP contribution in [-0.2, 0) is 9.47 Å².